The Labute approximate surface area is 194 Å². The summed E-state index contributed by atoms with van der Waals surface area (Å²) in [5, 5.41) is 5.57. The van der Waals surface area contributed by atoms with Crippen LogP contribution in [0.1, 0.15) is 52.0 Å². The number of carbonyl (C=O) groups excluding carboxylic acids is 2. The van der Waals surface area contributed by atoms with Gasteiger partial charge < -0.3 is 10.1 Å². The predicted molar refractivity (Wildman–Crippen MR) is 132 cm³/mol. The minimum absolute atomic E-state index is 0.109. The maximum atomic E-state index is 13.5. The van der Waals surface area contributed by atoms with Crippen molar-refractivity contribution in [1.29, 1.82) is 0 Å². The van der Waals surface area contributed by atoms with E-state index in [1.54, 1.807) is 11.8 Å². The molecule has 32 heavy (non-hydrogen) atoms. The Bertz CT molecular complexity index is 1120. The summed E-state index contributed by atoms with van der Waals surface area (Å²) in [5.74, 6) is 1.10. The molecule has 0 aromatic heterocycles. The van der Waals surface area contributed by atoms with E-state index in [1.165, 1.54) is 0 Å². The number of Topliss-reactive ketones (excluding diaryl/α,β-unsaturated/α-hetero) is 1. The van der Waals surface area contributed by atoms with Crippen LogP contribution in [0.3, 0.4) is 0 Å². The Kier molecular flexibility index (Phi) is 6.47. The number of ether oxygens (including phenoxy) is 1. The first kappa shape index (κ1) is 22.7. The van der Waals surface area contributed by atoms with E-state index in [0.29, 0.717) is 18.6 Å². The van der Waals surface area contributed by atoms with Crippen LogP contribution in [0.4, 0.5) is 0 Å². The van der Waals surface area contributed by atoms with Gasteiger partial charge in [-0.1, -0.05) is 63.2 Å². The number of carbonyl (C=O) groups is 2. The van der Waals surface area contributed by atoms with E-state index in [0.717, 1.165) is 51.2 Å². The number of rotatable bonds is 6. The SMILES string of the molecule is CCSCCOC(=O)C1=C(C)NC2=C(C(=O)CC(C)(C)C2)C1c1cccc2ccccc12. The number of benzene rings is 2. The smallest absolute Gasteiger partial charge is 0.336 e. The van der Waals surface area contributed by atoms with E-state index in [-0.39, 0.29) is 17.2 Å². The van der Waals surface area contributed by atoms with Gasteiger partial charge in [-0.05, 0) is 40.8 Å². The quantitative estimate of drug-likeness (QED) is 0.450. The van der Waals surface area contributed by atoms with Gasteiger partial charge in [-0.25, -0.2) is 4.79 Å². The topological polar surface area (TPSA) is 55.4 Å². The third-order valence-electron chi connectivity index (χ3n) is 6.26. The van der Waals surface area contributed by atoms with Gasteiger partial charge in [-0.3, -0.25) is 4.79 Å². The highest BCUT2D eigenvalue weighted by molar-refractivity contribution is 7.99. The Balaban J connectivity index is 1.84. The van der Waals surface area contributed by atoms with E-state index in [1.807, 2.05) is 31.2 Å². The molecule has 168 valence electrons. The maximum Gasteiger partial charge on any atom is 0.336 e. The van der Waals surface area contributed by atoms with Crippen molar-refractivity contribution in [2.75, 3.05) is 18.1 Å². The molecule has 1 N–H and O–H groups in total. The first-order valence-electron chi connectivity index (χ1n) is 11.3. The molecule has 0 saturated heterocycles. The lowest BCUT2D eigenvalue weighted by molar-refractivity contribution is -0.138. The zero-order chi connectivity index (χ0) is 22.9. The van der Waals surface area contributed by atoms with Crippen molar-refractivity contribution in [2.45, 2.75) is 46.5 Å². The van der Waals surface area contributed by atoms with Crippen LogP contribution in [-0.2, 0) is 14.3 Å². The van der Waals surface area contributed by atoms with Crippen molar-refractivity contribution in [3.8, 4) is 0 Å². The average Bonchev–Trinajstić information content (AvgIpc) is 2.74. The summed E-state index contributed by atoms with van der Waals surface area (Å²) in [6.07, 6.45) is 1.26. The van der Waals surface area contributed by atoms with Gasteiger partial charge in [-0.2, -0.15) is 11.8 Å². The molecule has 5 heteroatoms. The van der Waals surface area contributed by atoms with E-state index in [4.69, 9.17) is 4.74 Å². The van der Waals surface area contributed by atoms with Crippen LogP contribution in [0.5, 0.6) is 0 Å². The maximum absolute atomic E-state index is 13.5. The Morgan fingerprint density at radius 3 is 2.69 bits per heavy atom. The summed E-state index contributed by atoms with van der Waals surface area (Å²) in [7, 11) is 0. The van der Waals surface area contributed by atoms with Gasteiger partial charge in [0.1, 0.15) is 6.61 Å². The molecule has 0 spiro atoms. The van der Waals surface area contributed by atoms with E-state index in [9.17, 15) is 9.59 Å². The molecule has 2 aromatic rings. The van der Waals surface area contributed by atoms with E-state index < -0.39 is 5.92 Å². The number of hydrogen-bond donors (Lipinski definition) is 1. The van der Waals surface area contributed by atoms with Crippen LogP contribution in [0.2, 0.25) is 0 Å². The molecule has 0 saturated carbocycles. The Morgan fingerprint density at radius 1 is 1.16 bits per heavy atom. The highest BCUT2D eigenvalue weighted by Gasteiger charge is 2.43. The normalized spacial score (nSPS) is 20.2. The largest absolute Gasteiger partial charge is 0.461 e. The minimum atomic E-state index is -0.424. The molecule has 1 aliphatic carbocycles. The molecule has 2 aromatic carbocycles. The number of allylic oxidation sites excluding steroid dienone is 3. The third kappa shape index (κ3) is 4.36. The van der Waals surface area contributed by atoms with Gasteiger partial charge in [0.15, 0.2) is 5.78 Å². The summed E-state index contributed by atoms with van der Waals surface area (Å²) in [5.41, 5.74) is 3.87. The molecule has 2 aliphatic rings. The standard InChI is InChI=1S/C27H31NO3S/c1-5-32-14-13-31-26(30)23-17(2)28-21-15-27(3,4)16-22(29)25(21)24(23)20-12-8-10-18-9-6-7-11-19(18)20/h6-12,24,28H,5,13-16H2,1-4H3. The summed E-state index contributed by atoms with van der Waals surface area (Å²) >= 11 is 1.74. The predicted octanol–water partition coefficient (Wildman–Crippen LogP) is 5.74. The van der Waals surface area contributed by atoms with Crippen molar-refractivity contribution in [3.63, 3.8) is 0 Å². The fourth-order valence-electron chi connectivity index (χ4n) is 4.94. The van der Waals surface area contributed by atoms with Crippen molar-refractivity contribution < 1.29 is 14.3 Å². The first-order valence-corrected chi connectivity index (χ1v) is 12.4. The molecule has 0 amide bonds. The lowest BCUT2D eigenvalue weighted by Gasteiger charge is -2.39. The number of fused-ring (bicyclic) bond motifs is 1. The van der Waals surface area contributed by atoms with Gasteiger partial charge >= 0.3 is 5.97 Å². The number of esters is 1. The molecule has 0 radical (unpaired) electrons. The zero-order valence-electron chi connectivity index (χ0n) is 19.3. The monoisotopic (exact) mass is 449 g/mol. The Morgan fingerprint density at radius 2 is 1.91 bits per heavy atom. The van der Waals surface area contributed by atoms with Crippen molar-refractivity contribution in [2.24, 2.45) is 5.41 Å². The Hall–Kier alpha value is -2.53. The molecule has 4 rings (SSSR count). The van der Waals surface area contributed by atoms with Gasteiger partial charge in [0.25, 0.3) is 0 Å². The van der Waals surface area contributed by atoms with E-state index >= 15 is 0 Å². The highest BCUT2D eigenvalue weighted by Crippen LogP contribution is 2.48. The molecular weight excluding hydrogens is 418 g/mol. The lowest BCUT2D eigenvalue weighted by atomic mass is 9.68. The van der Waals surface area contributed by atoms with Crippen molar-refractivity contribution in [1.82, 2.24) is 5.32 Å². The highest BCUT2D eigenvalue weighted by atomic mass is 32.2. The second-order valence-electron chi connectivity index (χ2n) is 9.33. The second-order valence-corrected chi connectivity index (χ2v) is 10.7. The molecule has 1 heterocycles. The van der Waals surface area contributed by atoms with Crippen LogP contribution in [-0.4, -0.2) is 29.9 Å². The second kappa shape index (κ2) is 9.14. The van der Waals surface area contributed by atoms with Crippen LogP contribution in [0, 0.1) is 5.41 Å². The van der Waals surface area contributed by atoms with Crippen molar-refractivity contribution >= 4 is 34.3 Å². The summed E-state index contributed by atoms with van der Waals surface area (Å²) in [6.45, 7) is 8.62. The number of thioether (sulfide) groups is 1. The summed E-state index contributed by atoms with van der Waals surface area (Å²) < 4.78 is 5.68. The van der Waals surface area contributed by atoms with Gasteiger partial charge in [0, 0.05) is 35.1 Å². The molecule has 1 unspecified atom stereocenters. The van der Waals surface area contributed by atoms with Crippen LogP contribution < -0.4 is 5.32 Å². The van der Waals surface area contributed by atoms with Crippen LogP contribution >= 0.6 is 11.8 Å². The average molecular weight is 450 g/mol. The third-order valence-corrected chi connectivity index (χ3v) is 7.12. The summed E-state index contributed by atoms with van der Waals surface area (Å²) in [6, 6.07) is 14.3. The van der Waals surface area contributed by atoms with Crippen LogP contribution in [0.25, 0.3) is 10.8 Å². The fourth-order valence-corrected chi connectivity index (χ4v) is 5.43. The molecule has 4 nitrogen and oxygen atoms in total. The summed E-state index contributed by atoms with van der Waals surface area (Å²) in [4.78, 5) is 26.8. The van der Waals surface area contributed by atoms with Crippen LogP contribution in [0.15, 0.2) is 65.0 Å². The first-order chi connectivity index (χ1) is 15.3. The molecule has 1 atom stereocenters. The number of hydrogen-bond acceptors (Lipinski definition) is 5. The van der Waals surface area contributed by atoms with Gasteiger partial charge in [0.05, 0.1) is 5.57 Å². The number of ketones is 1. The number of dihydropyridines is 1. The minimum Gasteiger partial charge on any atom is -0.461 e. The van der Waals surface area contributed by atoms with Crippen molar-refractivity contribution in [3.05, 3.63) is 70.6 Å². The van der Waals surface area contributed by atoms with E-state index in [2.05, 4.69) is 44.3 Å². The molecular formula is C27H31NO3S. The molecule has 1 aliphatic heterocycles. The number of nitrogens with one attached hydrogen (secondary N) is 1. The lowest BCUT2D eigenvalue weighted by Crippen LogP contribution is -2.38. The molecule has 0 bridgehead atoms. The zero-order valence-corrected chi connectivity index (χ0v) is 20.1. The van der Waals surface area contributed by atoms with Gasteiger partial charge in [0.2, 0.25) is 0 Å². The van der Waals surface area contributed by atoms with Gasteiger partial charge in [-0.15, -0.1) is 0 Å². The molecule has 0 fully saturated rings. The fraction of sp³-hybridized carbons (Fsp3) is 0.407.